The van der Waals surface area contributed by atoms with Crippen LogP contribution < -0.4 is 14.8 Å². The molecule has 0 bridgehead atoms. The van der Waals surface area contributed by atoms with E-state index in [1.165, 1.54) is 7.11 Å². The number of carbonyl (C=O) groups is 2. The quantitative estimate of drug-likeness (QED) is 0.700. The van der Waals surface area contributed by atoms with Crippen molar-refractivity contribution in [3.63, 3.8) is 0 Å². The van der Waals surface area contributed by atoms with E-state index in [-0.39, 0.29) is 18.4 Å². The highest BCUT2D eigenvalue weighted by Gasteiger charge is 2.18. The summed E-state index contributed by atoms with van der Waals surface area (Å²) < 4.78 is 11.0. The summed E-state index contributed by atoms with van der Waals surface area (Å²) in [6.07, 6.45) is 0.248. The number of rotatable bonds is 9. The number of aliphatic carboxylic acids is 1. The lowest BCUT2D eigenvalue weighted by Gasteiger charge is -2.19. The highest BCUT2D eigenvalue weighted by molar-refractivity contribution is 5.95. The van der Waals surface area contributed by atoms with Gasteiger partial charge in [0.25, 0.3) is 5.91 Å². The summed E-state index contributed by atoms with van der Waals surface area (Å²) in [5.74, 6) is -0.168. The van der Waals surface area contributed by atoms with Crippen molar-refractivity contribution in [2.45, 2.75) is 38.8 Å². The van der Waals surface area contributed by atoms with E-state index in [1.54, 1.807) is 18.2 Å². The van der Waals surface area contributed by atoms with Gasteiger partial charge in [-0.15, -0.1) is 0 Å². The molecule has 0 saturated carbocycles. The molecule has 0 aliphatic heterocycles. The molecule has 2 rings (SSSR count). The Morgan fingerprint density at radius 1 is 1.07 bits per heavy atom. The number of amides is 1. The van der Waals surface area contributed by atoms with Gasteiger partial charge >= 0.3 is 5.97 Å². The second-order valence-electron chi connectivity index (χ2n) is 6.40. The summed E-state index contributed by atoms with van der Waals surface area (Å²) in [6.45, 7) is 3.82. The van der Waals surface area contributed by atoms with Gasteiger partial charge in [-0.2, -0.15) is 0 Å². The third kappa shape index (κ3) is 6.02. The Balaban J connectivity index is 2.20. The van der Waals surface area contributed by atoms with Gasteiger partial charge in [-0.1, -0.05) is 30.3 Å². The van der Waals surface area contributed by atoms with Crippen LogP contribution in [0.5, 0.6) is 11.5 Å². The second-order valence-corrected chi connectivity index (χ2v) is 6.40. The molecule has 144 valence electrons. The van der Waals surface area contributed by atoms with Crippen molar-refractivity contribution in [2.24, 2.45) is 0 Å². The average Bonchev–Trinajstić information content (AvgIpc) is 2.65. The van der Waals surface area contributed by atoms with Gasteiger partial charge in [0.1, 0.15) is 0 Å². The van der Waals surface area contributed by atoms with Crippen LogP contribution >= 0.6 is 0 Å². The van der Waals surface area contributed by atoms with Crippen LogP contribution in [0.25, 0.3) is 0 Å². The first-order valence-corrected chi connectivity index (χ1v) is 8.83. The predicted molar refractivity (Wildman–Crippen MR) is 102 cm³/mol. The molecule has 0 aromatic heterocycles. The molecule has 0 saturated heterocycles. The number of nitrogens with one attached hydrogen (secondary N) is 1. The number of ether oxygens (including phenoxy) is 2. The van der Waals surface area contributed by atoms with Crippen molar-refractivity contribution < 1.29 is 24.2 Å². The van der Waals surface area contributed by atoms with Crippen molar-refractivity contribution in [1.82, 2.24) is 5.32 Å². The molecule has 0 heterocycles. The molecule has 6 nitrogen and oxygen atoms in total. The number of hydrogen-bond acceptors (Lipinski definition) is 4. The molecule has 2 N–H and O–H groups in total. The molecule has 1 atom stereocenters. The van der Waals surface area contributed by atoms with E-state index in [4.69, 9.17) is 14.6 Å². The summed E-state index contributed by atoms with van der Waals surface area (Å²) in [5.41, 5.74) is 1.28. The van der Waals surface area contributed by atoms with Crippen LogP contribution in [0.2, 0.25) is 0 Å². The monoisotopic (exact) mass is 371 g/mol. The molecule has 0 radical (unpaired) electrons. The molecule has 0 aliphatic rings. The third-order valence-electron chi connectivity index (χ3n) is 3.94. The summed E-state index contributed by atoms with van der Waals surface area (Å²) >= 11 is 0. The van der Waals surface area contributed by atoms with Gasteiger partial charge in [-0.25, -0.2) is 0 Å². The molecule has 0 aliphatic carbocycles. The normalized spacial score (nSPS) is 11.7. The van der Waals surface area contributed by atoms with Gasteiger partial charge in [0.15, 0.2) is 11.5 Å². The number of carboxylic acids is 1. The Kier molecular flexibility index (Phi) is 7.23. The zero-order chi connectivity index (χ0) is 19.8. The maximum Gasteiger partial charge on any atom is 0.303 e. The third-order valence-corrected chi connectivity index (χ3v) is 3.94. The smallest absolute Gasteiger partial charge is 0.303 e. The first-order chi connectivity index (χ1) is 12.9. The Labute approximate surface area is 159 Å². The Morgan fingerprint density at radius 3 is 2.37 bits per heavy atom. The van der Waals surface area contributed by atoms with Crippen LogP contribution in [-0.2, 0) is 4.79 Å². The van der Waals surface area contributed by atoms with Crippen LogP contribution in [0.3, 0.4) is 0 Å². The van der Waals surface area contributed by atoms with Crippen molar-refractivity contribution in [2.75, 3.05) is 7.11 Å². The van der Waals surface area contributed by atoms with E-state index >= 15 is 0 Å². The number of methoxy groups -OCH3 is 1. The summed E-state index contributed by atoms with van der Waals surface area (Å²) in [6, 6.07) is 13.9. The fourth-order valence-corrected chi connectivity index (χ4v) is 2.68. The molecule has 27 heavy (non-hydrogen) atoms. The number of carboxylic acid groups (broad SMARTS) is 1. The lowest BCUT2D eigenvalue weighted by Crippen LogP contribution is -2.29. The van der Waals surface area contributed by atoms with Crippen molar-refractivity contribution in [1.29, 1.82) is 0 Å². The molecule has 6 heteroatoms. The lowest BCUT2D eigenvalue weighted by atomic mass is 10.0. The van der Waals surface area contributed by atoms with Crippen molar-refractivity contribution in [3.8, 4) is 11.5 Å². The standard InChI is InChI=1S/C21H25NO5/c1-14(2)27-18-11-9-16(13-19(18)26-3)21(25)22-17(10-12-20(23)24)15-7-5-4-6-8-15/h4-9,11,13-14,17H,10,12H2,1-3H3,(H,22,25)(H,23,24). The van der Waals surface area contributed by atoms with Gasteiger partial charge in [0.2, 0.25) is 0 Å². The zero-order valence-electron chi connectivity index (χ0n) is 15.8. The minimum Gasteiger partial charge on any atom is -0.493 e. The van der Waals surface area contributed by atoms with Crippen LogP contribution in [0.1, 0.15) is 48.7 Å². The van der Waals surface area contributed by atoms with Crippen LogP contribution in [0, 0.1) is 0 Å². The molecule has 1 amide bonds. The lowest BCUT2D eigenvalue weighted by molar-refractivity contribution is -0.137. The summed E-state index contributed by atoms with van der Waals surface area (Å²) in [7, 11) is 1.52. The SMILES string of the molecule is COc1cc(C(=O)NC(CCC(=O)O)c2ccccc2)ccc1OC(C)C. The maximum atomic E-state index is 12.7. The first-order valence-electron chi connectivity index (χ1n) is 8.83. The molecule has 0 spiro atoms. The highest BCUT2D eigenvalue weighted by Crippen LogP contribution is 2.29. The molecule has 1 unspecified atom stereocenters. The highest BCUT2D eigenvalue weighted by atomic mass is 16.5. The van der Waals surface area contributed by atoms with Gasteiger partial charge in [-0.05, 0) is 44.0 Å². The van der Waals surface area contributed by atoms with E-state index in [0.29, 0.717) is 23.5 Å². The molecular formula is C21H25NO5. The van der Waals surface area contributed by atoms with E-state index in [9.17, 15) is 9.59 Å². The largest absolute Gasteiger partial charge is 0.493 e. The Morgan fingerprint density at radius 2 is 1.78 bits per heavy atom. The van der Waals surface area contributed by atoms with Crippen LogP contribution in [0.4, 0.5) is 0 Å². The number of benzene rings is 2. The molecular weight excluding hydrogens is 346 g/mol. The van der Waals surface area contributed by atoms with Gasteiger partial charge < -0.3 is 19.9 Å². The predicted octanol–water partition coefficient (Wildman–Crippen LogP) is 3.82. The summed E-state index contributed by atoms with van der Waals surface area (Å²) in [4.78, 5) is 23.7. The number of hydrogen-bond donors (Lipinski definition) is 2. The molecule has 2 aromatic rings. The van der Waals surface area contributed by atoms with Crippen molar-refractivity contribution >= 4 is 11.9 Å². The number of carbonyl (C=O) groups excluding carboxylic acids is 1. The van der Waals surface area contributed by atoms with Crippen LogP contribution in [-0.4, -0.2) is 30.2 Å². The topological polar surface area (TPSA) is 84.9 Å². The van der Waals surface area contributed by atoms with E-state index in [2.05, 4.69) is 5.32 Å². The van der Waals surface area contributed by atoms with Crippen LogP contribution in [0.15, 0.2) is 48.5 Å². The van der Waals surface area contributed by atoms with E-state index in [1.807, 2.05) is 44.2 Å². The fourth-order valence-electron chi connectivity index (χ4n) is 2.68. The van der Waals surface area contributed by atoms with E-state index < -0.39 is 12.0 Å². The molecule has 0 fully saturated rings. The van der Waals surface area contributed by atoms with Gasteiger partial charge in [0, 0.05) is 12.0 Å². The second kappa shape index (κ2) is 9.62. The first kappa shape index (κ1) is 20.3. The Hall–Kier alpha value is -3.02. The zero-order valence-corrected chi connectivity index (χ0v) is 15.8. The fraction of sp³-hybridized carbons (Fsp3) is 0.333. The molecule has 2 aromatic carbocycles. The van der Waals surface area contributed by atoms with Gasteiger partial charge in [0.05, 0.1) is 19.3 Å². The summed E-state index contributed by atoms with van der Waals surface area (Å²) in [5, 5.41) is 11.9. The minimum absolute atomic E-state index is 0.0166. The van der Waals surface area contributed by atoms with Crippen molar-refractivity contribution in [3.05, 3.63) is 59.7 Å². The van der Waals surface area contributed by atoms with E-state index in [0.717, 1.165) is 5.56 Å². The van der Waals surface area contributed by atoms with Gasteiger partial charge in [-0.3, -0.25) is 9.59 Å². The average molecular weight is 371 g/mol. The maximum absolute atomic E-state index is 12.7. The minimum atomic E-state index is -0.901. The Bertz CT molecular complexity index is 773.